The van der Waals surface area contributed by atoms with Crippen molar-refractivity contribution in [2.75, 3.05) is 13.6 Å². The molecule has 2 heteroatoms. The molecule has 0 aliphatic heterocycles. The van der Waals surface area contributed by atoms with Gasteiger partial charge in [0.15, 0.2) is 0 Å². The fourth-order valence-electron chi connectivity index (χ4n) is 2.45. The molecule has 2 N–H and O–H groups in total. The summed E-state index contributed by atoms with van der Waals surface area (Å²) < 4.78 is 0. The zero-order valence-corrected chi connectivity index (χ0v) is 13.4. The van der Waals surface area contributed by atoms with Crippen molar-refractivity contribution in [2.24, 2.45) is 11.7 Å². The molecule has 2 atom stereocenters. The molecule has 0 aliphatic carbocycles. The van der Waals surface area contributed by atoms with E-state index in [4.69, 9.17) is 5.73 Å². The van der Waals surface area contributed by atoms with Gasteiger partial charge in [-0.25, -0.2) is 0 Å². The van der Waals surface area contributed by atoms with E-state index in [9.17, 15) is 0 Å². The van der Waals surface area contributed by atoms with E-state index in [0.717, 1.165) is 13.0 Å². The second kappa shape index (κ2) is 7.06. The second-order valence-electron chi connectivity index (χ2n) is 6.28. The molecular formula is C17H30N2. The van der Waals surface area contributed by atoms with Gasteiger partial charge in [-0.3, -0.25) is 0 Å². The van der Waals surface area contributed by atoms with Crippen molar-refractivity contribution in [3.05, 3.63) is 34.9 Å². The van der Waals surface area contributed by atoms with Crippen molar-refractivity contribution in [2.45, 2.75) is 53.1 Å². The van der Waals surface area contributed by atoms with E-state index >= 15 is 0 Å². The molecule has 0 bridgehead atoms. The minimum atomic E-state index is 0.139. The van der Waals surface area contributed by atoms with E-state index in [2.05, 4.69) is 64.8 Å². The average molecular weight is 262 g/mol. The van der Waals surface area contributed by atoms with Gasteiger partial charge in [-0.2, -0.15) is 0 Å². The van der Waals surface area contributed by atoms with Gasteiger partial charge in [0.05, 0.1) is 0 Å². The summed E-state index contributed by atoms with van der Waals surface area (Å²) in [5.41, 5.74) is 10.2. The van der Waals surface area contributed by atoms with Crippen LogP contribution in [0.2, 0.25) is 0 Å². The fraction of sp³-hybridized carbons (Fsp3) is 0.647. The first-order valence-electron chi connectivity index (χ1n) is 7.35. The van der Waals surface area contributed by atoms with Gasteiger partial charge in [-0.1, -0.05) is 43.2 Å². The first kappa shape index (κ1) is 16.2. The van der Waals surface area contributed by atoms with Gasteiger partial charge in [0, 0.05) is 12.1 Å². The van der Waals surface area contributed by atoms with Crippen LogP contribution in [-0.2, 0) is 0 Å². The van der Waals surface area contributed by atoms with Crippen LogP contribution in [0.15, 0.2) is 18.2 Å². The molecule has 1 rings (SSSR count). The largest absolute Gasteiger partial charge is 0.324 e. The van der Waals surface area contributed by atoms with Crippen LogP contribution in [0.4, 0.5) is 0 Å². The minimum Gasteiger partial charge on any atom is -0.324 e. The van der Waals surface area contributed by atoms with Gasteiger partial charge < -0.3 is 10.6 Å². The third kappa shape index (κ3) is 4.96. The Kier molecular flexibility index (Phi) is 6.02. The second-order valence-corrected chi connectivity index (χ2v) is 6.28. The van der Waals surface area contributed by atoms with Crippen molar-refractivity contribution in [3.8, 4) is 0 Å². The number of nitrogens with two attached hydrogens (primary N) is 1. The smallest absolute Gasteiger partial charge is 0.0307 e. The zero-order chi connectivity index (χ0) is 14.6. The van der Waals surface area contributed by atoms with E-state index in [-0.39, 0.29) is 6.04 Å². The molecule has 108 valence electrons. The maximum Gasteiger partial charge on any atom is 0.0307 e. The maximum atomic E-state index is 6.33. The average Bonchev–Trinajstić information content (AvgIpc) is 2.33. The highest BCUT2D eigenvalue weighted by Crippen LogP contribution is 2.19. The molecule has 19 heavy (non-hydrogen) atoms. The summed E-state index contributed by atoms with van der Waals surface area (Å²) >= 11 is 0. The van der Waals surface area contributed by atoms with E-state index in [1.807, 2.05) is 0 Å². The summed E-state index contributed by atoms with van der Waals surface area (Å²) in [6, 6.07) is 7.36. The predicted octanol–water partition coefficient (Wildman–Crippen LogP) is 3.67. The number of aryl methyl sites for hydroxylation is 2. The van der Waals surface area contributed by atoms with Gasteiger partial charge >= 0.3 is 0 Å². The van der Waals surface area contributed by atoms with E-state index < -0.39 is 0 Å². The predicted molar refractivity (Wildman–Crippen MR) is 84.4 cm³/mol. The Balaban J connectivity index is 2.57. The van der Waals surface area contributed by atoms with Crippen molar-refractivity contribution in [1.29, 1.82) is 0 Å². The molecule has 1 aromatic carbocycles. The van der Waals surface area contributed by atoms with Crippen molar-refractivity contribution in [3.63, 3.8) is 0 Å². The van der Waals surface area contributed by atoms with Gasteiger partial charge in [0.1, 0.15) is 0 Å². The molecule has 0 heterocycles. The van der Waals surface area contributed by atoms with Crippen LogP contribution in [0.3, 0.4) is 0 Å². The van der Waals surface area contributed by atoms with Crippen molar-refractivity contribution in [1.82, 2.24) is 4.90 Å². The summed E-state index contributed by atoms with van der Waals surface area (Å²) in [6.45, 7) is 12.1. The van der Waals surface area contributed by atoms with E-state index in [0.29, 0.717) is 12.0 Å². The molecule has 0 radical (unpaired) electrons. The summed E-state index contributed by atoms with van der Waals surface area (Å²) in [4.78, 5) is 2.41. The summed E-state index contributed by atoms with van der Waals surface area (Å²) in [5, 5.41) is 0. The van der Waals surface area contributed by atoms with Gasteiger partial charge in [-0.15, -0.1) is 0 Å². The summed E-state index contributed by atoms with van der Waals surface area (Å²) in [7, 11) is 2.19. The molecular weight excluding hydrogens is 232 g/mol. The summed E-state index contributed by atoms with van der Waals surface area (Å²) in [6.07, 6.45) is 1.01. The first-order valence-corrected chi connectivity index (χ1v) is 7.35. The third-order valence-corrected chi connectivity index (χ3v) is 4.13. The van der Waals surface area contributed by atoms with Crippen molar-refractivity contribution < 1.29 is 0 Å². The lowest BCUT2D eigenvalue weighted by molar-refractivity contribution is 0.202. The number of rotatable bonds is 6. The van der Waals surface area contributed by atoms with E-state index in [1.165, 1.54) is 16.7 Å². The van der Waals surface area contributed by atoms with Crippen LogP contribution < -0.4 is 5.73 Å². The van der Waals surface area contributed by atoms with Crippen LogP contribution in [0, 0.1) is 19.8 Å². The van der Waals surface area contributed by atoms with Crippen LogP contribution in [-0.4, -0.2) is 24.5 Å². The molecule has 0 fully saturated rings. The Bertz CT molecular complexity index is 378. The Morgan fingerprint density at radius 2 is 1.58 bits per heavy atom. The maximum absolute atomic E-state index is 6.33. The minimum absolute atomic E-state index is 0.139. The number of nitrogens with zero attached hydrogens (tertiary/aromatic N) is 1. The lowest BCUT2D eigenvalue weighted by atomic mass is 9.99. The normalized spacial score (nSPS) is 15.0. The molecule has 0 spiro atoms. The van der Waals surface area contributed by atoms with Gasteiger partial charge in [0.25, 0.3) is 0 Å². The van der Waals surface area contributed by atoms with Crippen LogP contribution >= 0.6 is 0 Å². The first-order chi connectivity index (χ1) is 8.81. The molecule has 2 nitrogen and oxygen atoms in total. The highest BCUT2D eigenvalue weighted by molar-refractivity contribution is 5.30. The van der Waals surface area contributed by atoms with Gasteiger partial charge in [-0.05, 0) is 52.3 Å². The molecule has 2 unspecified atom stereocenters. The monoisotopic (exact) mass is 262 g/mol. The third-order valence-electron chi connectivity index (χ3n) is 4.13. The topological polar surface area (TPSA) is 29.3 Å². The number of hydrogen-bond donors (Lipinski definition) is 1. The molecule has 0 aliphatic rings. The Morgan fingerprint density at radius 3 is 2.05 bits per heavy atom. The molecule has 0 aromatic heterocycles. The molecule has 0 saturated carbocycles. The van der Waals surface area contributed by atoms with Crippen LogP contribution in [0.5, 0.6) is 0 Å². The molecule has 1 aromatic rings. The number of benzene rings is 1. The van der Waals surface area contributed by atoms with Crippen molar-refractivity contribution >= 4 is 0 Å². The highest BCUT2D eigenvalue weighted by atomic mass is 15.1. The Hall–Kier alpha value is -0.860. The standard InChI is InChI=1S/C17H30N2/c1-12(2)15(5)19(6)8-7-17(18)16-10-13(3)9-14(4)11-16/h9-12,15,17H,7-8,18H2,1-6H3. The van der Waals surface area contributed by atoms with Crippen LogP contribution in [0.1, 0.15) is 49.9 Å². The Labute approximate surface area is 119 Å². The molecule has 0 saturated heterocycles. The SMILES string of the molecule is Cc1cc(C)cc(C(N)CCN(C)C(C)C(C)C)c1. The van der Waals surface area contributed by atoms with E-state index in [1.54, 1.807) is 0 Å². The zero-order valence-electron chi connectivity index (χ0n) is 13.4. The van der Waals surface area contributed by atoms with Crippen LogP contribution in [0.25, 0.3) is 0 Å². The summed E-state index contributed by atoms with van der Waals surface area (Å²) in [5.74, 6) is 0.683. The Morgan fingerprint density at radius 1 is 1.05 bits per heavy atom. The highest BCUT2D eigenvalue weighted by Gasteiger charge is 2.14. The lowest BCUT2D eigenvalue weighted by Gasteiger charge is -2.28. The number of hydrogen-bond acceptors (Lipinski definition) is 2. The lowest BCUT2D eigenvalue weighted by Crippen LogP contribution is -2.35. The fourth-order valence-corrected chi connectivity index (χ4v) is 2.45. The van der Waals surface area contributed by atoms with Gasteiger partial charge in [0.2, 0.25) is 0 Å². The quantitative estimate of drug-likeness (QED) is 0.847. The molecule has 0 amide bonds.